The maximum absolute atomic E-state index is 13.0. The monoisotopic (exact) mass is 292 g/mol. The first-order chi connectivity index (χ1) is 10.5. The molecule has 3 heteroatoms. The van der Waals surface area contributed by atoms with Crippen LogP contribution in [0.2, 0.25) is 0 Å². The third-order valence-electron chi connectivity index (χ3n) is 3.72. The zero-order chi connectivity index (χ0) is 15.7. The highest BCUT2D eigenvalue weighted by atomic mass is 16.1. The van der Waals surface area contributed by atoms with Gasteiger partial charge in [-0.05, 0) is 17.7 Å². The van der Waals surface area contributed by atoms with Gasteiger partial charge in [-0.15, -0.1) is 0 Å². The molecule has 112 valence electrons. The van der Waals surface area contributed by atoms with Gasteiger partial charge in [0, 0.05) is 5.41 Å². The fourth-order valence-electron chi connectivity index (χ4n) is 2.61. The number of aromatic amines is 1. The molecular formula is C19H20N2O. The van der Waals surface area contributed by atoms with E-state index in [0.717, 1.165) is 22.5 Å². The molecule has 0 unspecified atom stereocenters. The topological polar surface area (TPSA) is 37.8 Å². The minimum absolute atomic E-state index is 0.0117. The average molecular weight is 292 g/mol. The van der Waals surface area contributed by atoms with Gasteiger partial charge >= 0.3 is 0 Å². The Kier molecular flexibility index (Phi) is 3.49. The Morgan fingerprint density at radius 2 is 1.41 bits per heavy atom. The van der Waals surface area contributed by atoms with E-state index in [0.29, 0.717) is 0 Å². The highest BCUT2D eigenvalue weighted by molar-refractivity contribution is 5.67. The average Bonchev–Trinajstić information content (AvgIpc) is 2.87. The third kappa shape index (κ3) is 2.50. The quantitative estimate of drug-likeness (QED) is 0.757. The minimum atomic E-state index is -0.148. The van der Waals surface area contributed by atoms with E-state index >= 15 is 0 Å². The Bertz CT molecular complexity index is 821. The predicted octanol–water partition coefficient (Wildman–Crippen LogP) is 4.13. The van der Waals surface area contributed by atoms with E-state index in [4.69, 9.17) is 0 Å². The standard InChI is InChI=1S/C19H20N2O/c1-19(2,3)17-16(14-10-6-4-7-11-14)18(22)21(20-17)15-12-8-5-9-13-15/h4-13,20H,1-3H3. The van der Waals surface area contributed by atoms with Crippen LogP contribution in [0.3, 0.4) is 0 Å². The molecule has 0 bridgehead atoms. The van der Waals surface area contributed by atoms with Crippen molar-refractivity contribution >= 4 is 0 Å². The summed E-state index contributed by atoms with van der Waals surface area (Å²) < 4.78 is 1.63. The van der Waals surface area contributed by atoms with Crippen LogP contribution in [-0.4, -0.2) is 9.78 Å². The lowest BCUT2D eigenvalue weighted by molar-refractivity contribution is 0.561. The van der Waals surface area contributed by atoms with Gasteiger partial charge in [0.15, 0.2) is 0 Å². The van der Waals surface area contributed by atoms with Crippen LogP contribution >= 0.6 is 0 Å². The van der Waals surface area contributed by atoms with Crippen LogP contribution in [0.5, 0.6) is 0 Å². The van der Waals surface area contributed by atoms with Crippen molar-refractivity contribution in [3.63, 3.8) is 0 Å². The van der Waals surface area contributed by atoms with E-state index in [9.17, 15) is 4.79 Å². The zero-order valence-electron chi connectivity index (χ0n) is 13.1. The van der Waals surface area contributed by atoms with E-state index in [1.807, 2.05) is 60.7 Å². The molecule has 0 aliphatic heterocycles. The summed E-state index contributed by atoms with van der Waals surface area (Å²) in [6, 6.07) is 19.5. The maximum Gasteiger partial charge on any atom is 0.279 e. The van der Waals surface area contributed by atoms with Crippen molar-refractivity contribution in [1.29, 1.82) is 0 Å². The van der Waals surface area contributed by atoms with Crippen molar-refractivity contribution < 1.29 is 0 Å². The van der Waals surface area contributed by atoms with Gasteiger partial charge in [-0.3, -0.25) is 9.89 Å². The number of nitrogens with zero attached hydrogens (tertiary/aromatic N) is 1. The van der Waals surface area contributed by atoms with Gasteiger partial charge in [-0.1, -0.05) is 69.3 Å². The van der Waals surface area contributed by atoms with Crippen LogP contribution in [0, 0.1) is 0 Å². The predicted molar refractivity (Wildman–Crippen MR) is 90.5 cm³/mol. The van der Waals surface area contributed by atoms with Crippen molar-refractivity contribution in [2.24, 2.45) is 0 Å². The molecule has 3 nitrogen and oxygen atoms in total. The van der Waals surface area contributed by atoms with Crippen molar-refractivity contribution in [2.45, 2.75) is 26.2 Å². The van der Waals surface area contributed by atoms with Crippen LogP contribution < -0.4 is 5.56 Å². The van der Waals surface area contributed by atoms with E-state index in [2.05, 4.69) is 25.9 Å². The molecule has 0 aliphatic carbocycles. The molecule has 0 spiro atoms. The van der Waals surface area contributed by atoms with Gasteiger partial charge in [-0.25, -0.2) is 4.68 Å². The summed E-state index contributed by atoms with van der Waals surface area (Å²) in [5, 5.41) is 3.31. The summed E-state index contributed by atoms with van der Waals surface area (Å²) in [5.41, 5.74) is 3.33. The molecule has 0 saturated heterocycles. The molecule has 0 aliphatic rings. The second kappa shape index (κ2) is 5.34. The smallest absolute Gasteiger partial charge is 0.279 e. The Hall–Kier alpha value is -2.55. The molecule has 22 heavy (non-hydrogen) atoms. The summed E-state index contributed by atoms with van der Waals surface area (Å²) in [4.78, 5) is 13.0. The maximum atomic E-state index is 13.0. The van der Waals surface area contributed by atoms with Crippen LogP contribution in [0.4, 0.5) is 0 Å². The van der Waals surface area contributed by atoms with E-state index < -0.39 is 0 Å². The zero-order valence-corrected chi connectivity index (χ0v) is 13.1. The molecule has 3 rings (SSSR count). The second-order valence-electron chi connectivity index (χ2n) is 6.45. The lowest BCUT2D eigenvalue weighted by Gasteiger charge is -2.18. The Labute approximate surface area is 130 Å². The summed E-state index contributed by atoms with van der Waals surface area (Å²) in [7, 11) is 0. The molecule has 2 aromatic carbocycles. The van der Waals surface area contributed by atoms with Crippen molar-refractivity contribution in [3.8, 4) is 16.8 Å². The SMILES string of the molecule is CC(C)(C)c1[nH]n(-c2ccccc2)c(=O)c1-c1ccccc1. The van der Waals surface area contributed by atoms with Crippen LogP contribution in [0.1, 0.15) is 26.5 Å². The molecule has 3 aromatic rings. The lowest BCUT2D eigenvalue weighted by Crippen LogP contribution is -2.15. The number of hydrogen-bond donors (Lipinski definition) is 1. The molecule has 0 fully saturated rings. The van der Waals surface area contributed by atoms with Crippen molar-refractivity contribution in [1.82, 2.24) is 9.78 Å². The van der Waals surface area contributed by atoms with Crippen LogP contribution in [0.15, 0.2) is 65.5 Å². The molecule has 1 heterocycles. The molecule has 1 N–H and O–H groups in total. The summed E-state index contributed by atoms with van der Waals surface area (Å²) >= 11 is 0. The van der Waals surface area contributed by atoms with Gasteiger partial charge in [0.25, 0.3) is 5.56 Å². The summed E-state index contributed by atoms with van der Waals surface area (Å²) in [6.45, 7) is 6.33. The normalized spacial score (nSPS) is 11.6. The summed E-state index contributed by atoms with van der Waals surface area (Å²) in [6.07, 6.45) is 0. The molecule has 0 saturated carbocycles. The minimum Gasteiger partial charge on any atom is -0.294 e. The van der Waals surface area contributed by atoms with Crippen LogP contribution in [0.25, 0.3) is 16.8 Å². The number of para-hydroxylation sites is 1. The fraction of sp³-hybridized carbons (Fsp3) is 0.211. The van der Waals surface area contributed by atoms with E-state index in [-0.39, 0.29) is 11.0 Å². The Morgan fingerprint density at radius 1 is 0.864 bits per heavy atom. The highest BCUT2D eigenvalue weighted by Gasteiger charge is 2.25. The third-order valence-corrected chi connectivity index (χ3v) is 3.72. The first kappa shape index (κ1) is 14.4. The van der Waals surface area contributed by atoms with Crippen LogP contribution in [-0.2, 0) is 5.41 Å². The van der Waals surface area contributed by atoms with Crippen molar-refractivity contribution in [3.05, 3.63) is 76.7 Å². The van der Waals surface area contributed by atoms with Gasteiger partial charge in [0.1, 0.15) is 0 Å². The second-order valence-corrected chi connectivity index (χ2v) is 6.45. The van der Waals surface area contributed by atoms with Gasteiger partial charge in [-0.2, -0.15) is 0 Å². The molecule has 0 atom stereocenters. The first-order valence-corrected chi connectivity index (χ1v) is 7.45. The number of H-pyrrole nitrogens is 1. The number of hydrogen-bond acceptors (Lipinski definition) is 1. The Balaban J connectivity index is 2.30. The number of rotatable bonds is 2. The molecule has 1 aromatic heterocycles. The molecule has 0 radical (unpaired) electrons. The number of nitrogens with one attached hydrogen (secondary N) is 1. The summed E-state index contributed by atoms with van der Waals surface area (Å²) in [5.74, 6) is 0. The van der Waals surface area contributed by atoms with Gasteiger partial charge < -0.3 is 0 Å². The highest BCUT2D eigenvalue weighted by Crippen LogP contribution is 2.29. The number of benzene rings is 2. The number of aromatic nitrogens is 2. The van der Waals surface area contributed by atoms with E-state index in [1.54, 1.807) is 4.68 Å². The van der Waals surface area contributed by atoms with Gasteiger partial charge in [0.2, 0.25) is 0 Å². The largest absolute Gasteiger partial charge is 0.294 e. The Morgan fingerprint density at radius 3 is 1.95 bits per heavy atom. The molecule has 0 amide bonds. The van der Waals surface area contributed by atoms with E-state index in [1.165, 1.54) is 0 Å². The lowest BCUT2D eigenvalue weighted by atomic mass is 9.87. The molecular weight excluding hydrogens is 272 g/mol. The first-order valence-electron chi connectivity index (χ1n) is 7.45. The van der Waals surface area contributed by atoms with Crippen molar-refractivity contribution in [2.75, 3.05) is 0 Å². The fourth-order valence-corrected chi connectivity index (χ4v) is 2.61. The van der Waals surface area contributed by atoms with Gasteiger partial charge in [0.05, 0.1) is 16.9 Å².